The summed E-state index contributed by atoms with van der Waals surface area (Å²) in [5.74, 6) is 3.21. The lowest BCUT2D eigenvalue weighted by Gasteiger charge is -2.09. The van der Waals surface area contributed by atoms with Crippen LogP contribution in [0.4, 0.5) is 17.5 Å². The zero-order chi connectivity index (χ0) is 21.4. The SMILES string of the molecule is Cc1cc(NCCc2ccc3c(c2)OCO3)n2nc(Nc3cc(Cl)ccc3Cl)nc2n1. The van der Waals surface area contributed by atoms with Crippen molar-refractivity contribution >= 4 is 46.4 Å². The molecule has 1 aliphatic rings. The Bertz CT molecular complexity index is 1280. The molecule has 0 spiro atoms. The minimum atomic E-state index is 0.272. The van der Waals surface area contributed by atoms with Crippen LogP contribution in [0.2, 0.25) is 10.0 Å². The number of ether oxygens (including phenoxy) is 2. The Balaban J connectivity index is 1.34. The second-order valence-electron chi connectivity index (χ2n) is 7.04. The number of nitrogens with one attached hydrogen (secondary N) is 2. The molecule has 0 atom stereocenters. The van der Waals surface area contributed by atoms with Crippen LogP contribution in [0.25, 0.3) is 5.78 Å². The zero-order valence-corrected chi connectivity index (χ0v) is 18.0. The van der Waals surface area contributed by atoms with E-state index in [1.165, 1.54) is 0 Å². The molecule has 0 saturated carbocycles. The molecule has 0 amide bonds. The second kappa shape index (κ2) is 8.13. The van der Waals surface area contributed by atoms with Crippen LogP contribution in [-0.4, -0.2) is 32.9 Å². The molecular formula is C21H18Cl2N6O2. The van der Waals surface area contributed by atoms with Crippen LogP contribution in [0.15, 0.2) is 42.5 Å². The Hall–Kier alpha value is -3.23. The van der Waals surface area contributed by atoms with E-state index in [0.717, 1.165) is 35.0 Å². The van der Waals surface area contributed by atoms with Gasteiger partial charge in [-0.05, 0) is 49.2 Å². The van der Waals surface area contributed by atoms with Gasteiger partial charge in [-0.2, -0.15) is 9.50 Å². The van der Waals surface area contributed by atoms with Gasteiger partial charge in [-0.15, -0.1) is 5.10 Å². The molecule has 158 valence electrons. The van der Waals surface area contributed by atoms with E-state index in [1.54, 1.807) is 22.7 Å². The van der Waals surface area contributed by atoms with E-state index in [4.69, 9.17) is 32.7 Å². The van der Waals surface area contributed by atoms with Gasteiger partial charge >= 0.3 is 0 Å². The minimum Gasteiger partial charge on any atom is -0.454 e. The molecule has 0 saturated heterocycles. The van der Waals surface area contributed by atoms with Crippen molar-refractivity contribution in [2.75, 3.05) is 24.0 Å². The number of benzene rings is 2. The number of anilines is 3. The normalized spacial score (nSPS) is 12.4. The van der Waals surface area contributed by atoms with Crippen LogP contribution in [-0.2, 0) is 6.42 Å². The first-order valence-electron chi connectivity index (χ1n) is 9.64. The molecular weight excluding hydrogens is 439 g/mol. The first-order chi connectivity index (χ1) is 15.0. The van der Waals surface area contributed by atoms with Gasteiger partial charge in [0.15, 0.2) is 11.5 Å². The number of hydrogen-bond acceptors (Lipinski definition) is 7. The molecule has 3 heterocycles. The quantitative estimate of drug-likeness (QED) is 0.428. The summed E-state index contributed by atoms with van der Waals surface area (Å²) < 4.78 is 12.5. The van der Waals surface area contributed by atoms with Gasteiger partial charge in [-0.1, -0.05) is 29.3 Å². The summed E-state index contributed by atoms with van der Waals surface area (Å²) in [6.07, 6.45) is 0.803. The fraction of sp³-hybridized carbons (Fsp3) is 0.190. The summed E-state index contributed by atoms with van der Waals surface area (Å²) in [4.78, 5) is 8.93. The van der Waals surface area contributed by atoms with Crippen molar-refractivity contribution in [1.82, 2.24) is 19.6 Å². The van der Waals surface area contributed by atoms with Crippen LogP contribution >= 0.6 is 23.2 Å². The van der Waals surface area contributed by atoms with Crippen molar-refractivity contribution in [3.63, 3.8) is 0 Å². The average molecular weight is 457 g/mol. The molecule has 0 bridgehead atoms. The predicted octanol–water partition coefficient (Wildman–Crippen LogP) is 4.87. The summed E-state index contributed by atoms with van der Waals surface area (Å²) in [5.41, 5.74) is 2.60. The van der Waals surface area contributed by atoms with Gasteiger partial charge in [0.25, 0.3) is 5.78 Å². The predicted molar refractivity (Wildman–Crippen MR) is 120 cm³/mol. The van der Waals surface area contributed by atoms with Gasteiger partial charge in [0.2, 0.25) is 12.7 Å². The average Bonchev–Trinajstić information content (AvgIpc) is 3.36. The molecule has 0 radical (unpaired) electrons. The summed E-state index contributed by atoms with van der Waals surface area (Å²) in [5, 5.41) is 12.1. The number of fused-ring (bicyclic) bond motifs is 2. The number of halogens is 2. The third kappa shape index (κ3) is 4.17. The van der Waals surface area contributed by atoms with E-state index in [1.807, 2.05) is 31.2 Å². The van der Waals surface area contributed by atoms with Crippen molar-refractivity contribution in [3.05, 3.63) is 63.8 Å². The van der Waals surface area contributed by atoms with Crippen LogP contribution < -0.4 is 20.1 Å². The van der Waals surface area contributed by atoms with Crippen LogP contribution in [0, 0.1) is 6.92 Å². The summed E-state index contributed by atoms with van der Waals surface area (Å²) in [6.45, 7) is 2.88. The maximum absolute atomic E-state index is 6.24. The molecule has 4 aromatic rings. The lowest BCUT2D eigenvalue weighted by atomic mass is 10.1. The molecule has 5 rings (SSSR count). The summed E-state index contributed by atoms with van der Waals surface area (Å²) in [7, 11) is 0. The van der Waals surface area contributed by atoms with E-state index in [0.29, 0.717) is 34.0 Å². The van der Waals surface area contributed by atoms with Crippen LogP contribution in [0.3, 0.4) is 0 Å². The molecule has 2 aromatic heterocycles. The highest BCUT2D eigenvalue weighted by molar-refractivity contribution is 6.35. The lowest BCUT2D eigenvalue weighted by molar-refractivity contribution is 0.174. The minimum absolute atomic E-state index is 0.272. The number of aryl methyl sites for hydroxylation is 1. The standard InChI is InChI=1S/C21H18Cl2N6O2/c1-12-8-19(24-7-6-13-2-5-17-18(9-13)31-11-30-17)29-21(25-12)27-20(28-29)26-16-10-14(22)3-4-15(16)23/h2-5,8-10,24H,6-7,11H2,1H3,(H,26,28). The molecule has 2 N–H and O–H groups in total. The summed E-state index contributed by atoms with van der Waals surface area (Å²) in [6, 6.07) is 13.1. The molecule has 0 aliphatic carbocycles. The third-order valence-corrected chi connectivity index (χ3v) is 5.34. The molecule has 31 heavy (non-hydrogen) atoms. The fourth-order valence-corrected chi connectivity index (χ4v) is 3.65. The Kier molecular flexibility index (Phi) is 5.17. The number of aromatic nitrogens is 4. The zero-order valence-electron chi connectivity index (χ0n) is 16.5. The van der Waals surface area contributed by atoms with Gasteiger partial charge in [0.1, 0.15) is 5.82 Å². The smallest absolute Gasteiger partial charge is 0.256 e. The van der Waals surface area contributed by atoms with Crippen LogP contribution in [0.1, 0.15) is 11.3 Å². The van der Waals surface area contributed by atoms with Gasteiger partial charge in [0.05, 0.1) is 10.7 Å². The first-order valence-corrected chi connectivity index (χ1v) is 10.4. The van der Waals surface area contributed by atoms with Crippen molar-refractivity contribution in [1.29, 1.82) is 0 Å². The highest BCUT2D eigenvalue weighted by atomic mass is 35.5. The van der Waals surface area contributed by atoms with Crippen molar-refractivity contribution in [3.8, 4) is 11.5 Å². The maximum Gasteiger partial charge on any atom is 0.256 e. The van der Waals surface area contributed by atoms with E-state index in [2.05, 4.69) is 25.7 Å². The van der Waals surface area contributed by atoms with E-state index in [-0.39, 0.29) is 6.79 Å². The number of rotatable bonds is 6. The van der Waals surface area contributed by atoms with E-state index in [9.17, 15) is 0 Å². The number of nitrogens with zero attached hydrogens (tertiary/aromatic N) is 4. The van der Waals surface area contributed by atoms with Gasteiger partial charge in [-0.3, -0.25) is 0 Å². The largest absolute Gasteiger partial charge is 0.454 e. The van der Waals surface area contributed by atoms with Crippen molar-refractivity contribution < 1.29 is 9.47 Å². The number of hydrogen-bond donors (Lipinski definition) is 2. The monoisotopic (exact) mass is 456 g/mol. The highest BCUT2D eigenvalue weighted by Crippen LogP contribution is 2.32. The molecule has 0 unspecified atom stereocenters. The topological polar surface area (TPSA) is 85.6 Å². The Labute approximate surface area is 188 Å². The Morgan fingerprint density at radius 3 is 2.81 bits per heavy atom. The van der Waals surface area contributed by atoms with E-state index < -0.39 is 0 Å². The fourth-order valence-electron chi connectivity index (χ4n) is 3.31. The summed E-state index contributed by atoms with van der Waals surface area (Å²) >= 11 is 12.3. The molecule has 1 aliphatic heterocycles. The molecule has 8 nitrogen and oxygen atoms in total. The second-order valence-corrected chi connectivity index (χ2v) is 7.89. The Morgan fingerprint density at radius 1 is 1.03 bits per heavy atom. The maximum atomic E-state index is 6.24. The van der Waals surface area contributed by atoms with Gasteiger partial charge in [-0.25, -0.2) is 4.98 Å². The van der Waals surface area contributed by atoms with Gasteiger partial charge < -0.3 is 20.1 Å². The molecule has 2 aromatic carbocycles. The van der Waals surface area contributed by atoms with Gasteiger partial charge in [0, 0.05) is 23.3 Å². The first kappa shape index (κ1) is 19.7. The van der Waals surface area contributed by atoms with Crippen LogP contribution in [0.5, 0.6) is 11.5 Å². The van der Waals surface area contributed by atoms with E-state index >= 15 is 0 Å². The third-order valence-electron chi connectivity index (χ3n) is 4.77. The van der Waals surface area contributed by atoms with Crippen molar-refractivity contribution in [2.24, 2.45) is 0 Å². The highest BCUT2D eigenvalue weighted by Gasteiger charge is 2.14. The Morgan fingerprint density at radius 2 is 1.90 bits per heavy atom. The molecule has 10 heteroatoms. The van der Waals surface area contributed by atoms with Crippen molar-refractivity contribution in [2.45, 2.75) is 13.3 Å². The molecule has 0 fully saturated rings. The lowest BCUT2D eigenvalue weighted by Crippen LogP contribution is -2.10.